The van der Waals surface area contributed by atoms with E-state index in [-0.39, 0.29) is 29.7 Å². The average Bonchev–Trinajstić information content (AvgIpc) is 2.45. The van der Waals surface area contributed by atoms with Gasteiger partial charge in [0, 0.05) is 13.0 Å². The number of rotatable bonds is 6. The molecule has 0 radical (unpaired) electrons. The number of anilines is 1. The third kappa shape index (κ3) is 3.95. The first-order valence-electron chi connectivity index (χ1n) is 6.96. The summed E-state index contributed by atoms with van der Waals surface area (Å²) in [5.41, 5.74) is 0.675. The van der Waals surface area contributed by atoms with Crippen molar-refractivity contribution in [1.82, 2.24) is 4.72 Å². The zero-order chi connectivity index (χ0) is 15.5. The molecule has 0 spiro atoms. The number of sulfonamides is 1. The zero-order valence-corrected chi connectivity index (χ0v) is 13.0. The molecule has 1 aromatic carbocycles. The van der Waals surface area contributed by atoms with Gasteiger partial charge in [-0.2, -0.15) is 0 Å². The van der Waals surface area contributed by atoms with Crippen LogP contribution in [0, 0.1) is 0 Å². The normalized spacial score (nSPS) is 17.5. The van der Waals surface area contributed by atoms with E-state index in [9.17, 15) is 13.2 Å². The van der Waals surface area contributed by atoms with Crippen LogP contribution in [-0.2, 0) is 14.8 Å². The third-order valence-corrected chi connectivity index (χ3v) is 4.76. The van der Waals surface area contributed by atoms with Crippen molar-refractivity contribution in [2.75, 3.05) is 18.4 Å². The number of benzene rings is 1. The SMILES string of the molecule is CCC1CNc2cc(S(=O)(=O)NCCC(C)=O)ccc2O1. The molecule has 7 heteroatoms. The van der Waals surface area contributed by atoms with Crippen LogP contribution in [0.3, 0.4) is 0 Å². The molecule has 21 heavy (non-hydrogen) atoms. The molecular weight excluding hydrogens is 292 g/mol. The second-order valence-corrected chi connectivity index (χ2v) is 6.80. The van der Waals surface area contributed by atoms with Gasteiger partial charge in [0.2, 0.25) is 10.0 Å². The Morgan fingerprint density at radius 1 is 1.48 bits per heavy atom. The van der Waals surface area contributed by atoms with Crippen LogP contribution < -0.4 is 14.8 Å². The molecule has 6 nitrogen and oxygen atoms in total. The number of fused-ring (bicyclic) bond motifs is 1. The third-order valence-electron chi connectivity index (χ3n) is 3.30. The molecule has 0 saturated heterocycles. The van der Waals surface area contributed by atoms with Crippen molar-refractivity contribution >= 4 is 21.5 Å². The predicted molar refractivity (Wildman–Crippen MR) is 80.1 cm³/mol. The molecule has 1 aliphatic rings. The van der Waals surface area contributed by atoms with Crippen molar-refractivity contribution in [3.8, 4) is 5.75 Å². The molecule has 0 fully saturated rings. The summed E-state index contributed by atoms with van der Waals surface area (Å²) in [5.74, 6) is 0.611. The van der Waals surface area contributed by atoms with Gasteiger partial charge in [0.25, 0.3) is 0 Å². The number of ether oxygens (including phenoxy) is 1. The maximum Gasteiger partial charge on any atom is 0.240 e. The van der Waals surface area contributed by atoms with E-state index in [1.54, 1.807) is 12.1 Å². The maximum absolute atomic E-state index is 12.1. The number of ketones is 1. The van der Waals surface area contributed by atoms with Crippen LogP contribution in [0.1, 0.15) is 26.7 Å². The molecule has 1 aromatic rings. The van der Waals surface area contributed by atoms with Gasteiger partial charge in [0.1, 0.15) is 17.6 Å². The summed E-state index contributed by atoms with van der Waals surface area (Å²) in [6, 6.07) is 4.72. The second-order valence-electron chi connectivity index (χ2n) is 5.04. The number of hydrogen-bond donors (Lipinski definition) is 2. The Balaban J connectivity index is 2.12. The molecule has 116 valence electrons. The van der Waals surface area contributed by atoms with Crippen molar-refractivity contribution < 1.29 is 17.9 Å². The van der Waals surface area contributed by atoms with Crippen molar-refractivity contribution in [2.24, 2.45) is 0 Å². The molecule has 0 aromatic heterocycles. The van der Waals surface area contributed by atoms with E-state index in [0.717, 1.165) is 6.42 Å². The monoisotopic (exact) mass is 312 g/mol. The Morgan fingerprint density at radius 3 is 2.90 bits per heavy atom. The van der Waals surface area contributed by atoms with Gasteiger partial charge >= 0.3 is 0 Å². The standard InChI is InChI=1S/C14H20N2O4S/c1-3-11-9-15-13-8-12(4-5-14(13)20-11)21(18,19)16-7-6-10(2)17/h4-5,8,11,15-16H,3,6-7,9H2,1-2H3. The van der Waals surface area contributed by atoms with E-state index in [0.29, 0.717) is 18.0 Å². The lowest BCUT2D eigenvalue weighted by Crippen LogP contribution is -2.30. The Hall–Kier alpha value is -1.60. The molecule has 2 N–H and O–H groups in total. The first-order valence-corrected chi connectivity index (χ1v) is 8.44. The van der Waals surface area contributed by atoms with Gasteiger partial charge < -0.3 is 10.1 Å². The fourth-order valence-corrected chi connectivity index (χ4v) is 3.09. The largest absolute Gasteiger partial charge is 0.486 e. The van der Waals surface area contributed by atoms with Crippen molar-refractivity contribution in [3.63, 3.8) is 0 Å². The van der Waals surface area contributed by atoms with Crippen LogP contribution >= 0.6 is 0 Å². The minimum absolute atomic E-state index is 0.0520. The summed E-state index contributed by atoms with van der Waals surface area (Å²) >= 11 is 0. The second kappa shape index (κ2) is 6.44. The quantitative estimate of drug-likeness (QED) is 0.832. The van der Waals surface area contributed by atoms with Crippen LogP contribution in [0.4, 0.5) is 5.69 Å². The highest BCUT2D eigenvalue weighted by atomic mass is 32.2. The van der Waals surface area contributed by atoms with Gasteiger partial charge in [-0.05, 0) is 31.5 Å². The smallest absolute Gasteiger partial charge is 0.240 e. The lowest BCUT2D eigenvalue weighted by atomic mass is 10.2. The van der Waals surface area contributed by atoms with Gasteiger partial charge in [0.15, 0.2) is 0 Å². The van der Waals surface area contributed by atoms with Gasteiger partial charge in [-0.15, -0.1) is 0 Å². The number of hydrogen-bond acceptors (Lipinski definition) is 5. The molecule has 1 heterocycles. The van der Waals surface area contributed by atoms with Crippen molar-refractivity contribution in [2.45, 2.75) is 37.7 Å². The van der Waals surface area contributed by atoms with E-state index >= 15 is 0 Å². The van der Waals surface area contributed by atoms with Crippen LogP contribution in [0.25, 0.3) is 0 Å². The topological polar surface area (TPSA) is 84.5 Å². The summed E-state index contributed by atoms with van der Waals surface area (Å²) < 4.78 is 32.4. The number of carbonyl (C=O) groups excluding carboxylic acids is 1. The highest BCUT2D eigenvalue weighted by Crippen LogP contribution is 2.31. The number of Topliss-reactive ketones (excluding diaryl/α,β-unsaturated/α-hetero) is 1. The average molecular weight is 312 g/mol. The maximum atomic E-state index is 12.1. The first-order chi connectivity index (χ1) is 9.92. The lowest BCUT2D eigenvalue weighted by molar-refractivity contribution is -0.116. The van der Waals surface area contributed by atoms with Gasteiger partial charge in [-0.1, -0.05) is 6.92 Å². The summed E-state index contributed by atoms with van der Waals surface area (Å²) in [5, 5.41) is 3.18. The molecule has 2 rings (SSSR count). The Bertz CT molecular complexity index is 628. The molecule has 0 bridgehead atoms. The minimum Gasteiger partial charge on any atom is -0.486 e. The Kier molecular flexibility index (Phi) is 4.84. The van der Waals surface area contributed by atoms with E-state index in [2.05, 4.69) is 10.0 Å². The fourth-order valence-electron chi connectivity index (χ4n) is 2.03. The van der Waals surface area contributed by atoms with Crippen LogP contribution in [-0.4, -0.2) is 33.4 Å². The molecule has 0 amide bonds. The summed E-state index contributed by atoms with van der Waals surface area (Å²) in [6.45, 7) is 4.23. The van der Waals surface area contributed by atoms with Crippen LogP contribution in [0.2, 0.25) is 0 Å². The van der Waals surface area contributed by atoms with Crippen molar-refractivity contribution in [1.29, 1.82) is 0 Å². The lowest BCUT2D eigenvalue weighted by Gasteiger charge is -2.26. The molecule has 0 aliphatic carbocycles. The molecule has 1 aliphatic heterocycles. The fraction of sp³-hybridized carbons (Fsp3) is 0.500. The molecular formula is C14H20N2O4S. The predicted octanol–water partition coefficient (Wildman–Crippen LogP) is 1.53. The van der Waals surface area contributed by atoms with Gasteiger partial charge in [-0.3, -0.25) is 4.79 Å². The Labute approximate surface area is 124 Å². The summed E-state index contributed by atoms with van der Waals surface area (Å²) in [6.07, 6.45) is 1.18. The van der Waals surface area contributed by atoms with E-state index in [1.807, 2.05) is 6.92 Å². The highest BCUT2D eigenvalue weighted by Gasteiger charge is 2.21. The number of carbonyl (C=O) groups is 1. The first kappa shape index (κ1) is 15.8. The highest BCUT2D eigenvalue weighted by molar-refractivity contribution is 7.89. The Morgan fingerprint density at radius 2 is 2.24 bits per heavy atom. The van der Waals surface area contributed by atoms with Crippen LogP contribution in [0.5, 0.6) is 5.75 Å². The summed E-state index contributed by atoms with van der Waals surface area (Å²) in [7, 11) is -3.61. The molecule has 1 unspecified atom stereocenters. The van der Waals surface area contributed by atoms with Crippen LogP contribution in [0.15, 0.2) is 23.1 Å². The van der Waals surface area contributed by atoms with Gasteiger partial charge in [0.05, 0.1) is 17.1 Å². The van der Waals surface area contributed by atoms with E-state index in [1.165, 1.54) is 13.0 Å². The minimum atomic E-state index is -3.61. The van der Waals surface area contributed by atoms with Crippen molar-refractivity contribution in [3.05, 3.63) is 18.2 Å². The number of nitrogens with one attached hydrogen (secondary N) is 2. The van der Waals surface area contributed by atoms with Gasteiger partial charge in [-0.25, -0.2) is 13.1 Å². The zero-order valence-electron chi connectivity index (χ0n) is 12.2. The van der Waals surface area contributed by atoms with E-state index < -0.39 is 10.0 Å². The molecule has 0 saturated carbocycles. The van der Waals surface area contributed by atoms with E-state index in [4.69, 9.17) is 4.74 Å². The molecule has 1 atom stereocenters. The summed E-state index contributed by atoms with van der Waals surface area (Å²) in [4.78, 5) is 11.0.